The van der Waals surface area contributed by atoms with Gasteiger partial charge in [-0.3, -0.25) is 4.79 Å². The lowest BCUT2D eigenvalue weighted by molar-refractivity contribution is 0.0702. The zero-order chi connectivity index (χ0) is 15.4. The normalized spacial score (nSPS) is 10.8. The van der Waals surface area contributed by atoms with Gasteiger partial charge in [0.15, 0.2) is 5.16 Å². The third-order valence-corrected chi connectivity index (χ3v) is 4.96. The van der Waals surface area contributed by atoms with Gasteiger partial charge in [0, 0.05) is 34.9 Å². The van der Waals surface area contributed by atoms with Gasteiger partial charge in [0.25, 0.3) is 5.56 Å². The summed E-state index contributed by atoms with van der Waals surface area (Å²) >= 11 is 2.55. The predicted molar refractivity (Wildman–Crippen MR) is 81.2 cm³/mol. The predicted octanol–water partition coefficient (Wildman–Crippen LogP) is 1.67. The number of thiophene rings is 1. The topological polar surface area (TPSA) is 103 Å². The number of carboxylic acids is 1. The number of aryl methyl sites for hydroxylation is 1. The Morgan fingerprint density at radius 2 is 2.24 bits per heavy atom. The highest BCUT2D eigenvalue weighted by atomic mass is 32.2. The molecule has 2 aromatic rings. The molecular weight excluding hydrogens is 312 g/mol. The minimum absolute atomic E-state index is 0.0920. The number of hydrogen-bond acceptors (Lipinski definition) is 6. The van der Waals surface area contributed by atoms with Crippen LogP contribution in [0.15, 0.2) is 22.1 Å². The summed E-state index contributed by atoms with van der Waals surface area (Å²) < 4.78 is 0. The highest BCUT2D eigenvalue weighted by molar-refractivity contribution is 7.98. The number of carboxylic acid groups (broad SMARTS) is 1. The fourth-order valence-corrected chi connectivity index (χ4v) is 3.57. The molecule has 0 aromatic carbocycles. The number of carbonyl (C=O) groups is 1. The molecule has 0 amide bonds. The Morgan fingerprint density at radius 3 is 2.81 bits per heavy atom. The zero-order valence-corrected chi connectivity index (χ0v) is 12.9. The Morgan fingerprint density at radius 1 is 1.48 bits per heavy atom. The maximum atomic E-state index is 11.9. The molecule has 0 bridgehead atoms. The van der Waals surface area contributed by atoms with Gasteiger partial charge in [0.1, 0.15) is 4.88 Å². The van der Waals surface area contributed by atoms with E-state index in [9.17, 15) is 9.59 Å². The smallest absolute Gasteiger partial charge is 0.345 e. The van der Waals surface area contributed by atoms with Crippen molar-refractivity contribution in [3.63, 3.8) is 0 Å². The van der Waals surface area contributed by atoms with Gasteiger partial charge in [0.2, 0.25) is 0 Å². The van der Waals surface area contributed by atoms with Gasteiger partial charge in [-0.2, -0.15) is 0 Å². The first kappa shape index (κ1) is 15.7. The third-order valence-electron chi connectivity index (χ3n) is 2.79. The summed E-state index contributed by atoms with van der Waals surface area (Å²) in [5, 5.41) is 18.3. The Balaban J connectivity index is 2.09. The number of aromatic carboxylic acids is 1. The third kappa shape index (κ3) is 3.93. The molecule has 0 saturated heterocycles. The van der Waals surface area contributed by atoms with E-state index in [1.807, 2.05) is 0 Å². The molecule has 0 fully saturated rings. The number of aliphatic hydroxyl groups excluding tert-OH is 1. The number of hydrogen-bond donors (Lipinski definition) is 3. The number of rotatable bonds is 6. The van der Waals surface area contributed by atoms with Crippen molar-refractivity contribution in [1.29, 1.82) is 0 Å². The van der Waals surface area contributed by atoms with E-state index in [0.717, 1.165) is 4.88 Å². The molecule has 0 atom stereocenters. The standard InChI is InChI=1S/C13H14N2O4S2/c1-7-9(4-5-16)11(17)15-13(14-7)20-6-8-2-3-10(21-8)12(18)19/h2-3,16H,4-6H2,1H3,(H,18,19)(H,14,15,17). The minimum Gasteiger partial charge on any atom is -0.477 e. The average molecular weight is 326 g/mol. The minimum atomic E-state index is -0.938. The summed E-state index contributed by atoms with van der Waals surface area (Å²) in [4.78, 5) is 30.8. The van der Waals surface area contributed by atoms with Crippen LogP contribution in [-0.4, -0.2) is 32.8 Å². The van der Waals surface area contributed by atoms with E-state index >= 15 is 0 Å². The lowest BCUT2D eigenvalue weighted by Gasteiger charge is -2.05. The molecule has 0 aliphatic rings. The quantitative estimate of drug-likeness (QED) is 0.551. The van der Waals surface area contributed by atoms with Crippen LogP contribution in [0.5, 0.6) is 0 Å². The van der Waals surface area contributed by atoms with Crippen LogP contribution in [-0.2, 0) is 12.2 Å². The number of nitrogens with zero attached hydrogens (tertiary/aromatic N) is 1. The van der Waals surface area contributed by atoms with Crippen molar-refractivity contribution in [2.45, 2.75) is 24.3 Å². The second kappa shape index (κ2) is 6.88. The summed E-state index contributed by atoms with van der Waals surface area (Å²) in [7, 11) is 0. The van der Waals surface area contributed by atoms with Crippen LogP contribution in [0, 0.1) is 6.92 Å². The number of aromatic nitrogens is 2. The van der Waals surface area contributed by atoms with Crippen LogP contribution in [0.4, 0.5) is 0 Å². The number of nitrogens with one attached hydrogen (secondary N) is 1. The molecule has 21 heavy (non-hydrogen) atoms. The van der Waals surface area contributed by atoms with Crippen LogP contribution in [0.2, 0.25) is 0 Å². The van der Waals surface area contributed by atoms with Gasteiger partial charge in [-0.1, -0.05) is 11.8 Å². The molecular formula is C13H14N2O4S2. The zero-order valence-electron chi connectivity index (χ0n) is 11.3. The maximum Gasteiger partial charge on any atom is 0.345 e. The molecule has 2 rings (SSSR count). The van der Waals surface area contributed by atoms with Gasteiger partial charge < -0.3 is 15.2 Å². The largest absolute Gasteiger partial charge is 0.477 e. The van der Waals surface area contributed by atoms with E-state index in [-0.39, 0.29) is 18.6 Å². The molecule has 0 aliphatic heterocycles. The average Bonchev–Trinajstić information content (AvgIpc) is 2.89. The maximum absolute atomic E-state index is 11.9. The van der Waals surface area contributed by atoms with E-state index in [4.69, 9.17) is 10.2 Å². The van der Waals surface area contributed by atoms with Gasteiger partial charge in [0.05, 0.1) is 0 Å². The van der Waals surface area contributed by atoms with Crippen molar-refractivity contribution in [2.75, 3.05) is 6.61 Å². The molecule has 2 heterocycles. The van der Waals surface area contributed by atoms with Crippen molar-refractivity contribution in [3.05, 3.63) is 43.5 Å². The lowest BCUT2D eigenvalue weighted by Crippen LogP contribution is -2.18. The first-order valence-corrected chi connectivity index (χ1v) is 7.97. The summed E-state index contributed by atoms with van der Waals surface area (Å²) in [6.45, 7) is 1.64. The Bertz CT molecular complexity index is 708. The molecule has 0 saturated carbocycles. The van der Waals surface area contributed by atoms with Crippen LogP contribution >= 0.6 is 23.1 Å². The molecule has 112 valence electrons. The van der Waals surface area contributed by atoms with Crippen LogP contribution in [0.25, 0.3) is 0 Å². The van der Waals surface area contributed by atoms with Crippen LogP contribution < -0.4 is 5.56 Å². The van der Waals surface area contributed by atoms with Gasteiger partial charge in [-0.15, -0.1) is 11.3 Å². The van der Waals surface area contributed by atoms with Crippen molar-refractivity contribution in [3.8, 4) is 0 Å². The Kier molecular flexibility index (Phi) is 5.16. The first-order chi connectivity index (χ1) is 10.0. The first-order valence-electron chi connectivity index (χ1n) is 6.16. The monoisotopic (exact) mass is 326 g/mol. The molecule has 3 N–H and O–H groups in total. The molecule has 0 spiro atoms. The van der Waals surface area contributed by atoms with Crippen molar-refractivity contribution in [1.82, 2.24) is 9.97 Å². The Hall–Kier alpha value is -1.64. The van der Waals surface area contributed by atoms with Crippen LogP contribution in [0.1, 0.15) is 25.8 Å². The number of aromatic amines is 1. The van der Waals surface area contributed by atoms with Crippen molar-refractivity contribution in [2.24, 2.45) is 0 Å². The van der Waals surface area contributed by atoms with Crippen molar-refractivity contribution >= 4 is 29.1 Å². The van der Waals surface area contributed by atoms with E-state index in [0.29, 0.717) is 27.0 Å². The summed E-state index contributed by atoms with van der Waals surface area (Å²) in [5.41, 5.74) is 0.857. The lowest BCUT2D eigenvalue weighted by atomic mass is 10.2. The van der Waals surface area contributed by atoms with E-state index in [1.165, 1.54) is 23.1 Å². The van der Waals surface area contributed by atoms with Crippen molar-refractivity contribution < 1.29 is 15.0 Å². The highest BCUT2D eigenvalue weighted by Gasteiger charge is 2.10. The molecule has 8 heteroatoms. The molecule has 6 nitrogen and oxygen atoms in total. The number of thioether (sulfide) groups is 1. The van der Waals surface area contributed by atoms with E-state index in [1.54, 1.807) is 19.1 Å². The fourth-order valence-electron chi connectivity index (χ4n) is 1.77. The van der Waals surface area contributed by atoms with E-state index in [2.05, 4.69) is 9.97 Å². The molecule has 0 unspecified atom stereocenters. The van der Waals surface area contributed by atoms with Gasteiger partial charge in [-0.25, -0.2) is 9.78 Å². The number of aliphatic hydroxyl groups is 1. The molecule has 2 aromatic heterocycles. The molecule has 0 radical (unpaired) electrons. The summed E-state index contributed by atoms with van der Waals surface area (Å²) in [6.07, 6.45) is 0.284. The summed E-state index contributed by atoms with van der Waals surface area (Å²) in [6, 6.07) is 3.32. The van der Waals surface area contributed by atoms with Gasteiger partial charge >= 0.3 is 5.97 Å². The second-order valence-corrected chi connectivity index (χ2v) is 6.40. The van der Waals surface area contributed by atoms with Gasteiger partial charge in [-0.05, 0) is 19.1 Å². The Labute approximate surface area is 128 Å². The number of H-pyrrole nitrogens is 1. The molecule has 0 aliphatic carbocycles. The van der Waals surface area contributed by atoms with Crippen LogP contribution in [0.3, 0.4) is 0 Å². The van der Waals surface area contributed by atoms with E-state index < -0.39 is 5.97 Å². The highest BCUT2D eigenvalue weighted by Crippen LogP contribution is 2.24. The fraction of sp³-hybridized carbons (Fsp3) is 0.308. The second-order valence-electron chi connectivity index (χ2n) is 4.27. The summed E-state index contributed by atoms with van der Waals surface area (Å²) in [5.74, 6) is -0.397. The SMILES string of the molecule is Cc1nc(SCc2ccc(C(=O)O)s2)[nH]c(=O)c1CCO.